The molecule has 2 N–H and O–H groups in total. The normalized spacial score (nSPS) is 9.64. The molecule has 0 saturated heterocycles. The van der Waals surface area contributed by atoms with Crippen molar-refractivity contribution in [1.29, 1.82) is 0 Å². The summed E-state index contributed by atoms with van der Waals surface area (Å²) in [7, 11) is 0. The largest absolute Gasteiger partial charge is 0.398 e. The average Bonchev–Trinajstić information content (AvgIpc) is 1.85. The highest BCUT2D eigenvalue weighted by Crippen LogP contribution is 2.19. The van der Waals surface area contributed by atoms with Crippen molar-refractivity contribution in [2.24, 2.45) is 0 Å². The zero-order chi connectivity index (χ0) is 8.43. The first-order chi connectivity index (χ1) is 5.11. The number of halogens is 1. The van der Waals surface area contributed by atoms with Gasteiger partial charge in [0.15, 0.2) is 0 Å². The minimum atomic E-state index is -0.312. The standard InChI is InChI=1S/C9H10FN/c1-6(2)8-4-3-7(10)5-9(8)11/h3-5H,1,11H2,2H3. The fraction of sp³-hybridized carbons (Fsp3) is 0.111. The molecule has 2 heteroatoms. The minimum Gasteiger partial charge on any atom is -0.398 e. The molecule has 1 aromatic rings. The molecular weight excluding hydrogens is 141 g/mol. The van der Waals surface area contributed by atoms with Crippen LogP contribution in [-0.2, 0) is 0 Å². The third-order valence-electron chi connectivity index (χ3n) is 1.47. The Hall–Kier alpha value is -1.31. The molecule has 0 atom stereocenters. The van der Waals surface area contributed by atoms with Gasteiger partial charge in [0.1, 0.15) is 5.82 Å². The molecule has 0 amide bonds. The van der Waals surface area contributed by atoms with Crippen molar-refractivity contribution in [3.05, 3.63) is 36.2 Å². The number of rotatable bonds is 1. The molecule has 0 fully saturated rings. The summed E-state index contributed by atoms with van der Waals surface area (Å²) in [6, 6.07) is 4.30. The van der Waals surface area contributed by atoms with Crippen LogP contribution in [0.3, 0.4) is 0 Å². The topological polar surface area (TPSA) is 26.0 Å². The number of allylic oxidation sites excluding steroid dienone is 1. The quantitative estimate of drug-likeness (QED) is 0.613. The van der Waals surface area contributed by atoms with E-state index in [0.717, 1.165) is 11.1 Å². The lowest BCUT2D eigenvalue weighted by Crippen LogP contribution is -1.92. The first kappa shape index (κ1) is 7.79. The maximum absolute atomic E-state index is 12.5. The fourth-order valence-electron chi connectivity index (χ4n) is 0.922. The van der Waals surface area contributed by atoms with Crippen LogP contribution in [0, 0.1) is 5.82 Å². The molecule has 0 aliphatic carbocycles. The Kier molecular flexibility index (Phi) is 1.94. The Balaban J connectivity index is 3.20. The highest BCUT2D eigenvalue weighted by atomic mass is 19.1. The van der Waals surface area contributed by atoms with Gasteiger partial charge in [0.05, 0.1) is 0 Å². The van der Waals surface area contributed by atoms with Gasteiger partial charge in [-0.2, -0.15) is 0 Å². The lowest BCUT2D eigenvalue weighted by atomic mass is 10.1. The summed E-state index contributed by atoms with van der Waals surface area (Å²) < 4.78 is 12.5. The first-order valence-corrected chi connectivity index (χ1v) is 3.32. The van der Waals surface area contributed by atoms with Crippen LogP contribution >= 0.6 is 0 Å². The Morgan fingerprint density at radius 1 is 1.55 bits per heavy atom. The summed E-state index contributed by atoms with van der Waals surface area (Å²) >= 11 is 0. The predicted octanol–water partition coefficient (Wildman–Crippen LogP) is 2.44. The van der Waals surface area contributed by atoms with E-state index in [1.54, 1.807) is 6.07 Å². The van der Waals surface area contributed by atoms with E-state index in [-0.39, 0.29) is 5.82 Å². The Bertz CT molecular complexity index is 292. The molecule has 1 rings (SSSR count). The van der Waals surface area contributed by atoms with E-state index >= 15 is 0 Å². The summed E-state index contributed by atoms with van der Waals surface area (Å²) in [6.07, 6.45) is 0. The van der Waals surface area contributed by atoms with Crippen LogP contribution in [0.4, 0.5) is 10.1 Å². The maximum atomic E-state index is 12.5. The van der Waals surface area contributed by atoms with Gasteiger partial charge in [-0.15, -0.1) is 0 Å². The van der Waals surface area contributed by atoms with E-state index in [1.807, 2.05) is 6.92 Å². The molecule has 0 spiro atoms. The van der Waals surface area contributed by atoms with Gasteiger partial charge in [0.25, 0.3) is 0 Å². The summed E-state index contributed by atoms with van der Waals surface area (Å²) in [6.45, 7) is 5.55. The highest BCUT2D eigenvalue weighted by molar-refractivity contribution is 5.72. The Morgan fingerprint density at radius 2 is 2.18 bits per heavy atom. The Morgan fingerprint density at radius 3 is 2.64 bits per heavy atom. The van der Waals surface area contributed by atoms with Gasteiger partial charge in [0, 0.05) is 5.69 Å². The SMILES string of the molecule is C=C(C)c1ccc(F)cc1N. The number of benzene rings is 1. The fourth-order valence-corrected chi connectivity index (χ4v) is 0.922. The second-order valence-electron chi connectivity index (χ2n) is 2.51. The number of nitrogen functional groups attached to an aromatic ring is 1. The molecule has 58 valence electrons. The monoisotopic (exact) mass is 151 g/mol. The van der Waals surface area contributed by atoms with Crippen molar-refractivity contribution in [1.82, 2.24) is 0 Å². The lowest BCUT2D eigenvalue weighted by Gasteiger charge is -2.03. The van der Waals surface area contributed by atoms with E-state index in [1.165, 1.54) is 12.1 Å². The molecule has 0 unspecified atom stereocenters. The lowest BCUT2D eigenvalue weighted by molar-refractivity contribution is 0.628. The highest BCUT2D eigenvalue weighted by Gasteiger charge is 1.99. The maximum Gasteiger partial charge on any atom is 0.125 e. The van der Waals surface area contributed by atoms with Crippen LogP contribution < -0.4 is 5.73 Å². The first-order valence-electron chi connectivity index (χ1n) is 3.32. The average molecular weight is 151 g/mol. The van der Waals surface area contributed by atoms with Crippen LogP contribution in [-0.4, -0.2) is 0 Å². The third kappa shape index (κ3) is 1.58. The minimum absolute atomic E-state index is 0.312. The van der Waals surface area contributed by atoms with E-state index in [0.29, 0.717) is 5.69 Å². The van der Waals surface area contributed by atoms with Crippen LogP contribution in [0.2, 0.25) is 0 Å². The predicted molar refractivity (Wildman–Crippen MR) is 45.5 cm³/mol. The molecule has 0 aliphatic rings. The van der Waals surface area contributed by atoms with E-state index in [4.69, 9.17) is 5.73 Å². The number of hydrogen-bond acceptors (Lipinski definition) is 1. The van der Waals surface area contributed by atoms with Crippen molar-refractivity contribution in [2.45, 2.75) is 6.92 Å². The Labute approximate surface area is 65.3 Å². The van der Waals surface area contributed by atoms with Crippen molar-refractivity contribution in [2.75, 3.05) is 5.73 Å². The van der Waals surface area contributed by atoms with Gasteiger partial charge in [-0.3, -0.25) is 0 Å². The molecule has 0 saturated carbocycles. The summed E-state index contributed by atoms with van der Waals surface area (Å²) in [5.74, 6) is -0.312. The second-order valence-corrected chi connectivity index (χ2v) is 2.51. The number of anilines is 1. The summed E-state index contributed by atoms with van der Waals surface area (Å²) in [5, 5.41) is 0. The van der Waals surface area contributed by atoms with E-state index in [2.05, 4.69) is 6.58 Å². The molecule has 0 bridgehead atoms. The molecule has 0 heterocycles. The smallest absolute Gasteiger partial charge is 0.125 e. The van der Waals surface area contributed by atoms with Gasteiger partial charge in [-0.05, 0) is 36.3 Å². The molecule has 0 radical (unpaired) electrons. The summed E-state index contributed by atoms with van der Waals surface area (Å²) in [4.78, 5) is 0. The van der Waals surface area contributed by atoms with Gasteiger partial charge in [-0.25, -0.2) is 4.39 Å². The zero-order valence-electron chi connectivity index (χ0n) is 6.39. The molecular formula is C9H10FN. The van der Waals surface area contributed by atoms with Crippen LogP contribution in [0.25, 0.3) is 5.57 Å². The van der Waals surface area contributed by atoms with Crippen molar-refractivity contribution in [3.63, 3.8) is 0 Å². The molecule has 0 aromatic heterocycles. The zero-order valence-corrected chi connectivity index (χ0v) is 6.39. The van der Waals surface area contributed by atoms with Crippen LogP contribution in [0.1, 0.15) is 12.5 Å². The van der Waals surface area contributed by atoms with Gasteiger partial charge in [0.2, 0.25) is 0 Å². The molecule has 1 nitrogen and oxygen atoms in total. The van der Waals surface area contributed by atoms with Crippen molar-refractivity contribution >= 4 is 11.3 Å². The molecule has 1 aromatic carbocycles. The van der Waals surface area contributed by atoms with Crippen molar-refractivity contribution < 1.29 is 4.39 Å². The van der Waals surface area contributed by atoms with Gasteiger partial charge < -0.3 is 5.73 Å². The molecule has 11 heavy (non-hydrogen) atoms. The van der Waals surface area contributed by atoms with Gasteiger partial charge >= 0.3 is 0 Å². The molecule has 0 aliphatic heterocycles. The van der Waals surface area contributed by atoms with Crippen LogP contribution in [0.5, 0.6) is 0 Å². The van der Waals surface area contributed by atoms with Gasteiger partial charge in [-0.1, -0.05) is 6.58 Å². The van der Waals surface area contributed by atoms with Crippen molar-refractivity contribution in [3.8, 4) is 0 Å². The number of hydrogen-bond donors (Lipinski definition) is 1. The second kappa shape index (κ2) is 2.74. The number of nitrogens with two attached hydrogens (primary N) is 1. The van der Waals surface area contributed by atoms with E-state index < -0.39 is 0 Å². The van der Waals surface area contributed by atoms with Crippen LogP contribution in [0.15, 0.2) is 24.8 Å². The van der Waals surface area contributed by atoms with E-state index in [9.17, 15) is 4.39 Å². The third-order valence-corrected chi connectivity index (χ3v) is 1.47. The summed E-state index contributed by atoms with van der Waals surface area (Å²) in [5.41, 5.74) is 7.62.